The fraction of sp³-hybridized carbons (Fsp3) is 0.0435. The maximum atomic E-state index is 13.2. The van der Waals surface area contributed by atoms with E-state index in [9.17, 15) is 9.18 Å². The molecule has 0 saturated heterocycles. The fourth-order valence-corrected chi connectivity index (χ4v) is 3.67. The lowest BCUT2D eigenvalue weighted by Gasteiger charge is -2.10. The van der Waals surface area contributed by atoms with Gasteiger partial charge in [0.25, 0.3) is 0 Å². The molecule has 1 amide bonds. The third-order valence-electron chi connectivity index (χ3n) is 4.30. The molecule has 4 aromatic rings. The fourth-order valence-electron chi connectivity index (χ4n) is 2.87. The molecule has 1 N–H and O–H groups in total. The molecule has 0 fully saturated rings. The van der Waals surface area contributed by atoms with Gasteiger partial charge in [0, 0.05) is 11.1 Å². The number of anilines is 1. The van der Waals surface area contributed by atoms with Crippen LogP contribution >= 0.6 is 23.4 Å². The topological polar surface area (TPSA) is 67.8 Å². The molecule has 0 bridgehead atoms. The summed E-state index contributed by atoms with van der Waals surface area (Å²) in [6, 6.07) is 23.2. The first kappa shape index (κ1) is 21.0. The lowest BCUT2D eigenvalue weighted by molar-refractivity contribution is -0.113. The maximum Gasteiger partial charge on any atom is 0.234 e. The highest BCUT2D eigenvalue weighted by molar-refractivity contribution is 7.99. The van der Waals surface area contributed by atoms with Gasteiger partial charge in [0.2, 0.25) is 11.1 Å². The van der Waals surface area contributed by atoms with Gasteiger partial charge in [-0.2, -0.15) is 0 Å². The molecule has 1 aromatic heterocycles. The molecule has 0 unspecified atom stereocenters. The number of rotatable bonds is 6. The molecule has 8 heteroatoms. The summed E-state index contributed by atoms with van der Waals surface area (Å²) in [6.07, 6.45) is 0. The number of amides is 1. The number of aromatic nitrogens is 3. The number of carbonyl (C=O) groups excluding carboxylic acids is 1. The molecule has 4 rings (SSSR count). The van der Waals surface area contributed by atoms with Crippen molar-refractivity contribution in [2.45, 2.75) is 5.16 Å². The van der Waals surface area contributed by atoms with E-state index in [1.165, 1.54) is 12.1 Å². The van der Waals surface area contributed by atoms with Gasteiger partial charge in [-0.15, -0.1) is 10.2 Å². The van der Waals surface area contributed by atoms with Crippen molar-refractivity contribution in [3.63, 3.8) is 0 Å². The number of nitrogens with zero attached hydrogens (tertiary/aromatic N) is 3. The number of nitrogens with one attached hydrogen (secondary N) is 1. The average Bonchev–Trinajstić information content (AvgIpc) is 2.80. The predicted molar refractivity (Wildman–Crippen MR) is 121 cm³/mol. The Bertz CT molecular complexity index is 1210. The lowest BCUT2D eigenvalue weighted by Crippen LogP contribution is -2.15. The highest BCUT2D eigenvalue weighted by atomic mass is 35.5. The van der Waals surface area contributed by atoms with Crippen molar-refractivity contribution in [3.05, 3.63) is 89.7 Å². The third kappa shape index (κ3) is 5.25. The van der Waals surface area contributed by atoms with Crippen LogP contribution in [-0.4, -0.2) is 26.8 Å². The van der Waals surface area contributed by atoms with Crippen LogP contribution in [0.5, 0.6) is 0 Å². The summed E-state index contributed by atoms with van der Waals surface area (Å²) in [5.74, 6) is -0.729. The minimum absolute atomic E-state index is 0.0499. The number of halogens is 2. The number of hydrogen-bond donors (Lipinski definition) is 1. The summed E-state index contributed by atoms with van der Waals surface area (Å²) >= 11 is 7.11. The Hall–Kier alpha value is -3.29. The van der Waals surface area contributed by atoms with E-state index in [1.54, 1.807) is 0 Å². The van der Waals surface area contributed by atoms with Crippen LogP contribution in [0, 0.1) is 5.82 Å². The molecule has 0 saturated carbocycles. The molecule has 0 aliphatic heterocycles. The summed E-state index contributed by atoms with van der Waals surface area (Å²) in [6.45, 7) is 0. The minimum atomic E-state index is -0.469. The largest absolute Gasteiger partial charge is 0.324 e. The van der Waals surface area contributed by atoms with Crippen LogP contribution in [-0.2, 0) is 4.79 Å². The first-order chi connectivity index (χ1) is 15.1. The second-order valence-electron chi connectivity index (χ2n) is 6.48. The molecular formula is C23H16ClFN4OS. The van der Waals surface area contributed by atoms with Gasteiger partial charge < -0.3 is 5.32 Å². The van der Waals surface area contributed by atoms with Gasteiger partial charge in [-0.25, -0.2) is 9.37 Å². The normalized spacial score (nSPS) is 10.6. The molecule has 154 valence electrons. The van der Waals surface area contributed by atoms with E-state index in [0.717, 1.165) is 29.0 Å². The smallest absolute Gasteiger partial charge is 0.234 e. The number of benzene rings is 3. The van der Waals surface area contributed by atoms with E-state index < -0.39 is 5.82 Å². The molecular weight excluding hydrogens is 435 g/mol. The van der Waals surface area contributed by atoms with Crippen molar-refractivity contribution < 1.29 is 9.18 Å². The van der Waals surface area contributed by atoms with Crippen molar-refractivity contribution >= 4 is 35.0 Å². The highest BCUT2D eigenvalue weighted by Crippen LogP contribution is 2.30. The molecule has 0 spiro atoms. The highest BCUT2D eigenvalue weighted by Gasteiger charge is 2.15. The number of thioether (sulfide) groups is 1. The molecule has 0 atom stereocenters. The lowest BCUT2D eigenvalue weighted by atomic mass is 10.0. The summed E-state index contributed by atoms with van der Waals surface area (Å²) in [5.41, 5.74) is 3.50. The van der Waals surface area contributed by atoms with Gasteiger partial charge in [0.15, 0.2) is 0 Å². The Balaban J connectivity index is 1.54. The zero-order valence-corrected chi connectivity index (χ0v) is 17.7. The van der Waals surface area contributed by atoms with Crippen LogP contribution in [0.3, 0.4) is 0 Å². The summed E-state index contributed by atoms with van der Waals surface area (Å²) in [5, 5.41) is 11.7. The second-order valence-corrected chi connectivity index (χ2v) is 7.83. The molecule has 0 aliphatic rings. The standard InChI is InChI=1S/C23H16ClFN4OS/c24-18-13-17(25)11-12-19(18)26-20(30)14-31-23-27-21(15-7-3-1-4-8-15)22(28-29-23)16-9-5-2-6-10-16/h1-13H,14H2,(H,26,30). The number of hydrogen-bond acceptors (Lipinski definition) is 5. The quantitative estimate of drug-likeness (QED) is 0.380. The van der Waals surface area contributed by atoms with Crippen molar-refractivity contribution in [3.8, 4) is 22.5 Å². The van der Waals surface area contributed by atoms with E-state index in [0.29, 0.717) is 22.2 Å². The molecule has 5 nitrogen and oxygen atoms in total. The molecule has 31 heavy (non-hydrogen) atoms. The van der Waals surface area contributed by atoms with Crippen LogP contribution in [0.2, 0.25) is 5.02 Å². The van der Waals surface area contributed by atoms with Crippen LogP contribution in [0.1, 0.15) is 0 Å². The van der Waals surface area contributed by atoms with Crippen LogP contribution in [0.25, 0.3) is 22.5 Å². The van der Waals surface area contributed by atoms with E-state index >= 15 is 0 Å². The predicted octanol–water partition coefficient (Wildman–Crippen LogP) is 5.73. The minimum Gasteiger partial charge on any atom is -0.324 e. The van der Waals surface area contributed by atoms with Gasteiger partial charge in [-0.05, 0) is 18.2 Å². The van der Waals surface area contributed by atoms with Crippen LogP contribution in [0.4, 0.5) is 10.1 Å². The van der Waals surface area contributed by atoms with Crippen LogP contribution in [0.15, 0.2) is 84.0 Å². The van der Waals surface area contributed by atoms with Crippen molar-refractivity contribution in [1.29, 1.82) is 0 Å². The van der Waals surface area contributed by atoms with E-state index in [4.69, 9.17) is 11.6 Å². The first-order valence-corrected chi connectivity index (χ1v) is 10.7. The Morgan fingerprint density at radius 2 is 1.55 bits per heavy atom. The molecule has 0 aliphatic carbocycles. The van der Waals surface area contributed by atoms with Crippen LogP contribution < -0.4 is 5.32 Å². The number of carbonyl (C=O) groups is 1. The van der Waals surface area contributed by atoms with Gasteiger partial charge in [-0.1, -0.05) is 84.0 Å². The average molecular weight is 451 g/mol. The van der Waals surface area contributed by atoms with E-state index in [1.807, 2.05) is 60.7 Å². The van der Waals surface area contributed by atoms with E-state index in [-0.39, 0.29) is 16.7 Å². The Morgan fingerprint density at radius 3 is 2.19 bits per heavy atom. The summed E-state index contributed by atoms with van der Waals surface area (Å²) in [7, 11) is 0. The van der Waals surface area contributed by atoms with Gasteiger partial charge >= 0.3 is 0 Å². The molecule has 3 aromatic carbocycles. The van der Waals surface area contributed by atoms with Gasteiger partial charge in [-0.3, -0.25) is 4.79 Å². The van der Waals surface area contributed by atoms with Gasteiger partial charge in [0.05, 0.1) is 16.5 Å². The maximum absolute atomic E-state index is 13.2. The molecule has 0 radical (unpaired) electrons. The summed E-state index contributed by atoms with van der Waals surface area (Å²) in [4.78, 5) is 17.0. The van der Waals surface area contributed by atoms with Crippen molar-refractivity contribution in [1.82, 2.24) is 15.2 Å². The van der Waals surface area contributed by atoms with Crippen molar-refractivity contribution in [2.24, 2.45) is 0 Å². The molecule has 1 heterocycles. The Morgan fingerprint density at radius 1 is 0.903 bits per heavy atom. The SMILES string of the molecule is O=C(CSc1nnc(-c2ccccc2)c(-c2ccccc2)n1)Nc1ccc(F)cc1Cl. The second kappa shape index (κ2) is 9.68. The van der Waals surface area contributed by atoms with Gasteiger partial charge in [0.1, 0.15) is 17.2 Å². The Kier molecular flexibility index (Phi) is 6.54. The zero-order valence-electron chi connectivity index (χ0n) is 16.1. The Labute approximate surface area is 187 Å². The van der Waals surface area contributed by atoms with E-state index in [2.05, 4.69) is 20.5 Å². The third-order valence-corrected chi connectivity index (χ3v) is 5.45. The monoisotopic (exact) mass is 450 g/mol. The summed E-state index contributed by atoms with van der Waals surface area (Å²) < 4.78 is 13.2. The zero-order chi connectivity index (χ0) is 21.6. The first-order valence-electron chi connectivity index (χ1n) is 9.33. The van der Waals surface area contributed by atoms with Crippen molar-refractivity contribution in [2.75, 3.05) is 11.1 Å².